The van der Waals surface area contributed by atoms with Gasteiger partial charge in [-0.2, -0.15) is 4.31 Å². The SMILES string of the molecule is CC1CN(S(=O)(=O)c2ccsc2CN)CC1C. The molecule has 0 bridgehead atoms. The van der Waals surface area contributed by atoms with Crippen molar-refractivity contribution in [3.63, 3.8) is 0 Å². The van der Waals surface area contributed by atoms with E-state index in [0.29, 0.717) is 29.8 Å². The number of hydrogen-bond donors (Lipinski definition) is 1. The molecule has 1 aromatic rings. The molecule has 6 heteroatoms. The van der Waals surface area contributed by atoms with Crippen molar-refractivity contribution in [2.24, 2.45) is 17.6 Å². The first-order valence-corrected chi connectivity index (χ1v) is 8.05. The van der Waals surface area contributed by atoms with Crippen LogP contribution in [-0.2, 0) is 16.6 Å². The lowest BCUT2D eigenvalue weighted by Gasteiger charge is -2.16. The zero-order valence-electron chi connectivity index (χ0n) is 10.1. The molecule has 2 heterocycles. The van der Waals surface area contributed by atoms with E-state index >= 15 is 0 Å². The summed E-state index contributed by atoms with van der Waals surface area (Å²) in [5, 5.41) is 1.79. The third-order valence-corrected chi connectivity index (χ3v) is 6.45. The molecule has 0 amide bonds. The standard InChI is InChI=1S/C11H18N2O2S2/c1-8-6-13(7-9(8)2)17(14,15)11-3-4-16-10(11)5-12/h3-4,8-9H,5-7,12H2,1-2H3. The Balaban J connectivity index is 2.32. The van der Waals surface area contributed by atoms with Gasteiger partial charge in [0, 0.05) is 24.5 Å². The van der Waals surface area contributed by atoms with Gasteiger partial charge in [0.25, 0.3) is 0 Å². The third kappa shape index (κ3) is 2.27. The van der Waals surface area contributed by atoms with Crippen molar-refractivity contribution in [1.29, 1.82) is 0 Å². The second kappa shape index (κ2) is 4.68. The highest BCUT2D eigenvalue weighted by Gasteiger charge is 2.36. The van der Waals surface area contributed by atoms with Gasteiger partial charge in [0.15, 0.2) is 0 Å². The zero-order valence-corrected chi connectivity index (χ0v) is 11.7. The van der Waals surface area contributed by atoms with E-state index < -0.39 is 10.0 Å². The normalized spacial score (nSPS) is 26.5. The van der Waals surface area contributed by atoms with Gasteiger partial charge in [-0.05, 0) is 23.3 Å². The van der Waals surface area contributed by atoms with Crippen LogP contribution in [0.4, 0.5) is 0 Å². The molecule has 1 aliphatic rings. The van der Waals surface area contributed by atoms with E-state index in [1.165, 1.54) is 11.3 Å². The summed E-state index contributed by atoms with van der Waals surface area (Å²) in [5.74, 6) is 0.842. The van der Waals surface area contributed by atoms with Gasteiger partial charge in [-0.3, -0.25) is 0 Å². The molecule has 0 radical (unpaired) electrons. The first-order chi connectivity index (χ1) is 7.96. The van der Waals surface area contributed by atoms with Crippen molar-refractivity contribution in [3.8, 4) is 0 Å². The lowest BCUT2D eigenvalue weighted by molar-refractivity contribution is 0.463. The minimum Gasteiger partial charge on any atom is -0.326 e. The van der Waals surface area contributed by atoms with Crippen LogP contribution in [0.2, 0.25) is 0 Å². The van der Waals surface area contributed by atoms with Crippen LogP contribution in [0.1, 0.15) is 18.7 Å². The van der Waals surface area contributed by atoms with Crippen LogP contribution in [0.5, 0.6) is 0 Å². The average molecular weight is 274 g/mol. The predicted octanol–water partition coefficient (Wildman–Crippen LogP) is 1.48. The van der Waals surface area contributed by atoms with E-state index in [1.54, 1.807) is 15.8 Å². The van der Waals surface area contributed by atoms with Gasteiger partial charge >= 0.3 is 0 Å². The minimum absolute atomic E-state index is 0.283. The fourth-order valence-corrected chi connectivity index (χ4v) is 5.07. The maximum atomic E-state index is 12.4. The van der Waals surface area contributed by atoms with Crippen molar-refractivity contribution in [3.05, 3.63) is 16.3 Å². The summed E-state index contributed by atoms with van der Waals surface area (Å²) in [4.78, 5) is 1.14. The molecule has 0 saturated carbocycles. The smallest absolute Gasteiger partial charge is 0.244 e. The molecule has 2 unspecified atom stereocenters. The number of sulfonamides is 1. The summed E-state index contributed by atoms with van der Waals surface area (Å²) < 4.78 is 26.5. The molecule has 0 aromatic carbocycles. The molecule has 2 rings (SSSR count). The number of thiophene rings is 1. The quantitative estimate of drug-likeness (QED) is 0.908. The molecule has 1 aliphatic heterocycles. The molecule has 2 N–H and O–H groups in total. The molecular formula is C11H18N2O2S2. The fourth-order valence-electron chi connectivity index (χ4n) is 2.12. The first kappa shape index (κ1) is 13.0. The molecule has 1 saturated heterocycles. The Labute approximate surface area is 106 Å². The van der Waals surface area contributed by atoms with E-state index in [-0.39, 0.29) is 6.54 Å². The topological polar surface area (TPSA) is 63.4 Å². The summed E-state index contributed by atoms with van der Waals surface area (Å²) in [6, 6.07) is 1.66. The molecule has 0 spiro atoms. The van der Waals surface area contributed by atoms with E-state index in [9.17, 15) is 8.42 Å². The fraction of sp³-hybridized carbons (Fsp3) is 0.636. The van der Waals surface area contributed by atoms with Gasteiger partial charge in [0.1, 0.15) is 0 Å². The highest BCUT2D eigenvalue weighted by Crippen LogP contribution is 2.31. The summed E-state index contributed by atoms with van der Waals surface area (Å²) in [7, 11) is -3.34. The van der Waals surface area contributed by atoms with Crippen LogP contribution in [0.15, 0.2) is 16.3 Å². The number of nitrogens with two attached hydrogens (primary N) is 1. The van der Waals surface area contributed by atoms with Crippen molar-refractivity contribution in [2.45, 2.75) is 25.3 Å². The molecule has 96 valence electrons. The van der Waals surface area contributed by atoms with E-state index in [1.807, 2.05) is 0 Å². The summed E-state index contributed by atoms with van der Waals surface area (Å²) in [6.45, 7) is 5.70. The molecule has 2 atom stereocenters. The monoisotopic (exact) mass is 274 g/mol. The van der Waals surface area contributed by atoms with Crippen LogP contribution in [0.3, 0.4) is 0 Å². The Hall–Kier alpha value is -0.430. The third-order valence-electron chi connectivity index (χ3n) is 3.46. The van der Waals surface area contributed by atoms with E-state index in [4.69, 9.17) is 5.73 Å². The maximum Gasteiger partial charge on any atom is 0.244 e. The summed E-state index contributed by atoms with van der Waals surface area (Å²) >= 11 is 1.41. The molecular weight excluding hydrogens is 256 g/mol. The Morgan fingerprint density at radius 3 is 2.53 bits per heavy atom. The Morgan fingerprint density at radius 2 is 2.00 bits per heavy atom. The van der Waals surface area contributed by atoms with Crippen LogP contribution in [-0.4, -0.2) is 25.8 Å². The van der Waals surface area contributed by atoms with Gasteiger partial charge < -0.3 is 5.73 Å². The minimum atomic E-state index is -3.34. The Kier molecular flexibility index (Phi) is 3.58. The van der Waals surface area contributed by atoms with Crippen LogP contribution in [0.25, 0.3) is 0 Å². The Bertz CT molecular complexity index is 485. The van der Waals surface area contributed by atoms with Gasteiger partial charge in [-0.25, -0.2) is 8.42 Å². The average Bonchev–Trinajstić information content (AvgIpc) is 2.86. The maximum absolute atomic E-state index is 12.4. The molecule has 1 aromatic heterocycles. The zero-order chi connectivity index (χ0) is 12.6. The predicted molar refractivity (Wildman–Crippen MR) is 69.3 cm³/mol. The van der Waals surface area contributed by atoms with Gasteiger partial charge in [0.05, 0.1) is 4.90 Å². The Morgan fingerprint density at radius 1 is 1.41 bits per heavy atom. The van der Waals surface area contributed by atoms with Crippen molar-refractivity contribution < 1.29 is 8.42 Å². The van der Waals surface area contributed by atoms with Crippen molar-refractivity contribution in [2.75, 3.05) is 13.1 Å². The van der Waals surface area contributed by atoms with Crippen molar-refractivity contribution in [1.82, 2.24) is 4.31 Å². The highest BCUT2D eigenvalue weighted by molar-refractivity contribution is 7.89. The second-order valence-corrected chi connectivity index (χ2v) is 7.60. The first-order valence-electron chi connectivity index (χ1n) is 5.73. The van der Waals surface area contributed by atoms with Crippen LogP contribution < -0.4 is 5.73 Å². The van der Waals surface area contributed by atoms with E-state index in [2.05, 4.69) is 13.8 Å². The van der Waals surface area contributed by atoms with Gasteiger partial charge in [-0.15, -0.1) is 11.3 Å². The summed E-state index contributed by atoms with van der Waals surface area (Å²) in [5.41, 5.74) is 5.57. The van der Waals surface area contributed by atoms with Crippen LogP contribution in [0, 0.1) is 11.8 Å². The van der Waals surface area contributed by atoms with Gasteiger partial charge in [0.2, 0.25) is 10.0 Å². The lowest BCUT2D eigenvalue weighted by atomic mass is 10.0. The molecule has 1 fully saturated rings. The molecule has 17 heavy (non-hydrogen) atoms. The van der Waals surface area contributed by atoms with Crippen molar-refractivity contribution >= 4 is 21.4 Å². The van der Waals surface area contributed by atoms with E-state index in [0.717, 1.165) is 4.88 Å². The largest absolute Gasteiger partial charge is 0.326 e. The van der Waals surface area contributed by atoms with Crippen LogP contribution >= 0.6 is 11.3 Å². The van der Waals surface area contributed by atoms with Gasteiger partial charge in [-0.1, -0.05) is 13.8 Å². The summed E-state index contributed by atoms with van der Waals surface area (Å²) in [6.07, 6.45) is 0. The second-order valence-electron chi connectivity index (χ2n) is 4.69. The number of rotatable bonds is 3. The molecule has 0 aliphatic carbocycles. The number of hydrogen-bond acceptors (Lipinski definition) is 4. The number of nitrogens with zero attached hydrogens (tertiary/aromatic N) is 1. The lowest BCUT2D eigenvalue weighted by Crippen LogP contribution is -2.29. The molecule has 4 nitrogen and oxygen atoms in total. The highest BCUT2D eigenvalue weighted by atomic mass is 32.2.